The third-order valence-electron chi connectivity index (χ3n) is 10.7. The lowest BCUT2D eigenvalue weighted by molar-refractivity contribution is -0.140. The molecule has 1 fully saturated rings. The predicted molar refractivity (Wildman–Crippen MR) is 235 cm³/mol. The Balaban J connectivity index is 3.31. The fourth-order valence-corrected chi connectivity index (χ4v) is 7.41. The smallest absolute Gasteiger partial charge is 0.245 e. The number of thioether (sulfide) groups is 1. The fourth-order valence-electron chi connectivity index (χ4n) is 6.94. The number of primary amides is 1. The van der Waals surface area contributed by atoms with Gasteiger partial charge in [0.05, 0.1) is 18.5 Å². The molecule has 0 saturated carbocycles. The molecule has 1 heterocycles. The van der Waals surface area contributed by atoms with Gasteiger partial charge in [-0.15, -0.1) is 0 Å². The molecule has 1 aliphatic heterocycles. The van der Waals surface area contributed by atoms with Crippen molar-refractivity contribution >= 4 is 65.3 Å². The van der Waals surface area contributed by atoms with Crippen molar-refractivity contribution in [1.82, 2.24) is 36.8 Å². The monoisotopic (exact) mass is 882 g/mol. The van der Waals surface area contributed by atoms with E-state index in [1.54, 1.807) is 34.6 Å². The van der Waals surface area contributed by atoms with Crippen LogP contribution in [0.1, 0.15) is 114 Å². The normalized spacial score (nSPS) is 18.0. The molecule has 8 amide bonds. The fraction of sp³-hybridized carbons (Fsp3) is 0.786. The van der Waals surface area contributed by atoms with Crippen molar-refractivity contribution in [2.75, 3.05) is 18.6 Å². The minimum absolute atomic E-state index is 0.0345. The molecule has 0 spiro atoms. The van der Waals surface area contributed by atoms with Crippen molar-refractivity contribution in [3.05, 3.63) is 0 Å². The number of likely N-dealkylation sites (tertiary alicyclic amines) is 1. The molecule has 0 aliphatic carbocycles. The van der Waals surface area contributed by atoms with Crippen molar-refractivity contribution in [2.45, 2.75) is 163 Å². The minimum Gasteiger partial charge on any atom is -0.370 e. The second-order valence-electron chi connectivity index (χ2n) is 17.7. The Bertz CT molecular complexity index is 1510. The molecule has 1 rings (SSSR count). The first-order valence-corrected chi connectivity index (χ1v) is 23.0. The van der Waals surface area contributed by atoms with E-state index in [1.807, 2.05) is 40.9 Å². The minimum atomic E-state index is -1.28. The van der Waals surface area contributed by atoms with Crippen LogP contribution >= 0.6 is 11.8 Å². The number of carbonyl (C=O) groups excluding carboxylic acids is 9. The van der Waals surface area contributed by atoms with Gasteiger partial charge in [-0.25, -0.2) is 0 Å². The Labute approximate surface area is 366 Å². The average molecular weight is 882 g/mol. The molecule has 0 bridgehead atoms. The van der Waals surface area contributed by atoms with E-state index in [0.29, 0.717) is 38.0 Å². The molecule has 348 valence electrons. The van der Waals surface area contributed by atoms with Gasteiger partial charge in [0.2, 0.25) is 47.3 Å². The largest absolute Gasteiger partial charge is 0.370 e. The van der Waals surface area contributed by atoms with Crippen LogP contribution in [-0.4, -0.2) is 125 Å². The number of rotatable bonds is 27. The number of hydrogen-bond acceptors (Lipinski definition) is 11. The quantitative estimate of drug-likeness (QED) is 0.0526. The summed E-state index contributed by atoms with van der Waals surface area (Å²) in [7, 11) is 0. The zero-order chi connectivity index (χ0) is 46.7. The third kappa shape index (κ3) is 18.3. The van der Waals surface area contributed by atoms with Gasteiger partial charge in [-0.3, -0.25) is 38.4 Å². The average Bonchev–Trinajstić information content (AvgIpc) is 3.66. The summed E-state index contributed by atoms with van der Waals surface area (Å²) in [6, 6.07) is -8.29. The molecular formula is C42H75N9O9S. The maximum atomic E-state index is 14.0. The number of carbonyl (C=O) groups is 9. The summed E-state index contributed by atoms with van der Waals surface area (Å²) in [5.41, 5.74) is 11.0. The predicted octanol–water partition coefficient (Wildman–Crippen LogP) is 0.491. The van der Waals surface area contributed by atoms with Gasteiger partial charge in [-0.1, -0.05) is 75.7 Å². The molecule has 19 heteroatoms. The van der Waals surface area contributed by atoms with Gasteiger partial charge in [0.25, 0.3) is 0 Å². The summed E-state index contributed by atoms with van der Waals surface area (Å²) in [4.78, 5) is 120. The Morgan fingerprint density at radius 1 is 0.672 bits per heavy atom. The van der Waals surface area contributed by atoms with Gasteiger partial charge >= 0.3 is 0 Å². The molecule has 18 nitrogen and oxygen atoms in total. The van der Waals surface area contributed by atoms with Gasteiger partial charge in [0.1, 0.15) is 42.5 Å². The Hall–Kier alpha value is -4.26. The third-order valence-corrected chi connectivity index (χ3v) is 11.3. The van der Waals surface area contributed by atoms with E-state index in [-0.39, 0.29) is 30.6 Å². The zero-order valence-corrected chi connectivity index (χ0v) is 38.9. The van der Waals surface area contributed by atoms with E-state index in [0.717, 1.165) is 6.29 Å². The van der Waals surface area contributed by atoms with Crippen LogP contribution in [0.3, 0.4) is 0 Å². The Morgan fingerprint density at radius 3 is 1.62 bits per heavy atom. The highest BCUT2D eigenvalue weighted by Crippen LogP contribution is 2.20. The van der Waals surface area contributed by atoms with Crippen molar-refractivity contribution in [3.8, 4) is 0 Å². The van der Waals surface area contributed by atoms with Gasteiger partial charge in [0.15, 0.2) is 0 Å². The van der Waals surface area contributed by atoms with Crippen LogP contribution in [0.15, 0.2) is 0 Å². The molecule has 10 N–H and O–H groups in total. The highest BCUT2D eigenvalue weighted by molar-refractivity contribution is 7.98. The molecule has 0 radical (unpaired) electrons. The highest BCUT2D eigenvalue weighted by Gasteiger charge is 2.38. The van der Waals surface area contributed by atoms with Crippen LogP contribution in [0.2, 0.25) is 0 Å². The second kappa shape index (κ2) is 26.9. The number of amides is 8. The zero-order valence-electron chi connectivity index (χ0n) is 38.1. The van der Waals surface area contributed by atoms with Crippen LogP contribution in [-0.2, 0) is 43.2 Å². The summed E-state index contributed by atoms with van der Waals surface area (Å²) < 4.78 is 0. The number of hydrogen-bond donors (Lipinski definition) is 8. The van der Waals surface area contributed by atoms with Crippen molar-refractivity contribution < 1.29 is 43.2 Å². The summed E-state index contributed by atoms with van der Waals surface area (Å²) in [6.07, 6.45) is 4.65. The lowest BCUT2D eigenvalue weighted by atomic mass is 9.95. The number of nitrogens with one attached hydrogen (secondary N) is 6. The number of nitrogens with two attached hydrogens (primary N) is 2. The highest BCUT2D eigenvalue weighted by atomic mass is 32.2. The summed E-state index contributed by atoms with van der Waals surface area (Å²) in [5.74, 6) is -5.92. The lowest BCUT2D eigenvalue weighted by Gasteiger charge is -2.31. The Morgan fingerprint density at radius 2 is 1.13 bits per heavy atom. The van der Waals surface area contributed by atoms with Crippen molar-refractivity contribution in [3.63, 3.8) is 0 Å². The standard InChI is InChI=1S/C42H75N9O9S/c1-12-26(10)35(50-40(58)34(25(8)9)48-36(54)28(43)20-32(44)53)41(59)49-33(24(6)7)39(57)46-30(18-22(2)3)38(56)45-29(15-17-61-11)37(55)47-31(19-23(4)5)42(60)51-16-13-14-27(51)21-52/h21-31,33-35H,12-20,43H2,1-11H3,(H2,44,53)(H,45,56)(H,46,57)(H,47,55)(H,48,54)(H,49,59)(H,50,58)/t26-,27-,28-,29-,30-,31-,33-,34-,35-/m0/s1. The molecule has 1 aliphatic rings. The van der Waals surface area contributed by atoms with E-state index in [4.69, 9.17) is 11.5 Å². The molecule has 61 heavy (non-hydrogen) atoms. The molecule has 0 aromatic heterocycles. The van der Waals surface area contributed by atoms with Gasteiger partial charge in [-0.05, 0) is 73.7 Å². The summed E-state index contributed by atoms with van der Waals surface area (Å²) >= 11 is 1.47. The van der Waals surface area contributed by atoms with Crippen LogP contribution in [0.25, 0.3) is 0 Å². The second-order valence-corrected chi connectivity index (χ2v) is 18.7. The van der Waals surface area contributed by atoms with E-state index in [9.17, 15) is 43.2 Å². The van der Waals surface area contributed by atoms with E-state index in [2.05, 4.69) is 31.9 Å². The lowest BCUT2D eigenvalue weighted by Crippen LogP contribution is -2.62. The first-order chi connectivity index (χ1) is 28.5. The van der Waals surface area contributed by atoms with Crippen LogP contribution in [0.4, 0.5) is 0 Å². The number of nitrogens with zero attached hydrogens (tertiary/aromatic N) is 1. The van der Waals surface area contributed by atoms with E-state index in [1.165, 1.54) is 16.7 Å². The maximum absolute atomic E-state index is 14.0. The molecule has 1 saturated heterocycles. The van der Waals surface area contributed by atoms with Gasteiger partial charge < -0.3 is 53.1 Å². The van der Waals surface area contributed by atoms with Crippen LogP contribution < -0.4 is 43.4 Å². The first kappa shape index (κ1) is 54.8. The topological polar surface area (TPSA) is 281 Å². The van der Waals surface area contributed by atoms with Gasteiger partial charge in [0, 0.05) is 6.54 Å². The van der Waals surface area contributed by atoms with E-state index >= 15 is 0 Å². The molecule has 0 aromatic carbocycles. The summed E-state index contributed by atoms with van der Waals surface area (Å²) in [5, 5.41) is 16.5. The molecule has 0 aromatic rings. The SMILES string of the molecule is CC[C@H](C)[C@H](NC(=O)[C@@H](NC(=O)[C@@H](N)CC(N)=O)C(C)C)C(=O)N[C@H](C(=O)N[C@@H](CC(C)C)C(=O)N[C@@H](CCSC)C(=O)N[C@@H](CC(C)C)C(=O)N1CCC[C@H]1C=O)C(C)C. The van der Waals surface area contributed by atoms with Crippen molar-refractivity contribution in [1.29, 1.82) is 0 Å². The number of aldehydes is 1. The van der Waals surface area contributed by atoms with Crippen LogP contribution in [0, 0.1) is 29.6 Å². The van der Waals surface area contributed by atoms with Gasteiger partial charge in [-0.2, -0.15) is 11.8 Å². The summed E-state index contributed by atoms with van der Waals surface area (Å²) in [6.45, 7) is 18.4. The first-order valence-electron chi connectivity index (χ1n) is 21.6. The van der Waals surface area contributed by atoms with Crippen molar-refractivity contribution in [2.24, 2.45) is 41.1 Å². The van der Waals surface area contributed by atoms with Crippen LogP contribution in [0.5, 0.6) is 0 Å². The van der Waals surface area contributed by atoms with E-state index < -0.39 is 114 Å². The Kier molecular flexibility index (Phi) is 24.2. The molecule has 0 unspecified atom stereocenters. The molecule has 9 atom stereocenters. The maximum Gasteiger partial charge on any atom is 0.245 e. The molecular weight excluding hydrogens is 807 g/mol.